The van der Waals surface area contributed by atoms with Gasteiger partial charge in [-0.15, -0.1) is 0 Å². The Bertz CT molecular complexity index is 952. The van der Waals surface area contributed by atoms with E-state index in [1.165, 1.54) is 6.07 Å². The van der Waals surface area contributed by atoms with E-state index < -0.39 is 0 Å². The van der Waals surface area contributed by atoms with Crippen LogP contribution in [0, 0.1) is 12.7 Å². The largest absolute Gasteiger partial charge is 0.496 e. The normalized spacial score (nSPS) is 10.7. The number of ether oxygens (including phenoxy) is 1. The highest BCUT2D eigenvalue weighted by atomic mass is 19.1. The van der Waals surface area contributed by atoms with Gasteiger partial charge in [-0.1, -0.05) is 30.3 Å². The molecule has 0 bridgehead atoms. The van der Waals surface area contributed by atoms with E-state index >= 15 is 0 Å². The molecule has 1 aromatic heterocycles. The Kier molecular flexibility index (Phi) is 6.42. The lowest BCUT2D eigenvalue weighted by atomic mass is 10.1. The fourth-order valence-electron chi connectivity index (χ4n) is 2.98. The maximum absolute atomic E-state index is 13.9. The number of aryl methyl sites for hydroxylation is 2. The predicted molar refractivity (Wildman–Crippen MR) is 105 cm³/mol. The number of nitrogens with zero attached hydrogens (tertiary/aromatic N) is 1. The van der Waals surface area contributed by atoms with Crippen LogP contribution in [0.4, 0.5) is 4.39 Å². The molecule has 5 nitrogen and oxygen atoms in total. The highest BCUT2D eigenvalue weighted by Crippen LogP contribution is 2.24. The lowest BCUT2D eigenvalue weighted by Crippen LogP contribution is -2.26. The van der Waals surface area contributed by atoms with Crippen molar-refractivity contribution in [3.8, 4) is 17.2 Å². The van der Waals surface area contributed by atoms with Crippen molar-refractivity contribution in [2.45, 2.75) is 26.2 Å². The summed E-state index contributed by atoms with van der Waals surface area (Å²) in [6, 6.07) is 14.0. The van der Waals surface area contributed by atoms with Gasteiger partial charge in [0.25, 0.3) is 0 Å². The van der Waals surface area contributed by atoms with Crippen LogP contribution in [0.15, 0.2) is 52.9 Å². The molecule has 1 N–H and O–H groups in total. The molecule has 0 aliphatic rings. The monoisotopic (exact) mass is 382 g/mol. The van der Waals surface area contributed by atoms with E-state index in [4.69, 9.17) is 9.15 Å². The molecule has 0 unspecified atom stereocenters. The molecule has 0 radical (unpaired) electrons. The Morgan fingerprint density at radius 2 is 1.89 bits per heavy atom. The number of para-hydroxylation sites is 1. The van der Waals surface area contributed by atoms with Gasteiger partial charge < -0.3 is 14.5 Å². The molecule has 3 rings (SSSR count). The second-order valence-corrected chi connectivity index (χ2v) is 6.41. The summed E-state index contributed by atoms with van der Waals surface area (Å²) in [5.74, 6) is 1.25. The Morgan fingerprint density at radius 3 is 2.68 bits per heavy atom. The summed E-state index contributed by atoms with van der Waals surface area (Å²) in [4.78, 5) is 16.5. The lowest BCUT2D eigenvalue weighted by molar-refractivity contribution is -0.121. The summed E-state index contributed by atoms with van der Waals surface area (Å²) in [6.07, 6.45) is 1.50. The lowest BCUT2D eigenvalue weighted by Gasteiger charge is -2.08. The first-order valence-electron chi connectivity index (χ1n) is 9.18. The summed E-state index contributed by atoms with van der Waals surface area (Å²) in [5.41, 5.74) is 2.04. The molecule has 28 heavy (non-hydrogen) atoms. The average Bonchev–Trinajstić information content (AvgIpc) is 3.07. The number of rotatable bonds is 8. The van der Waals surface area contributed by atoms with Crippen molar-refractivity contribution >= 4 is 5.91 Å². The topological polar surface area (TPSA) is 64.4 Å². The maximum atomic E-state index is 13.9. The van der Waals surface area contributed by atoms with Crippen molar-refractivity contribution < 1.29 is 18.3 Å². The van der Waals surface area contributed by atoms with Crippen LogP contribution in [-0.4, -0.2) is 24.5 Å². The minimum atomic E-state index is -0.375. The summed E-state index contributed by atoms with van der Waals surface area (Å²) in [6.45, 7) is 2.23. The van der Waals surface area contributed by atoms with Crippen LogP contribution in [0.25, 0.3) is 11.5 Å². The molecule has 0 aliphatic heterocycles. The second-order valence-electron chi connectivity index (χ2n) is 6.41. The number of halogens is 1. The number of oxazole rings is 1. The zero-order valence-corrected chi connectivity index (χ0v) is 16.0. The second kappa shape index (κ2) is 9.17. The molecule has 0 fully saturated rings. The van der Waals surface area contributed by atoms with E-state index in [1.54, 1.807) is 32.2 Å². The number of methoxy groups -OCH3 is 1. The Morgan fingerprint density at radius 1 is 1.14 bits per heavy atom. The van der Waals surface area contributed by atoms with Gasteiger partial charge in [-0.3, -0.25) is 4.79 Å². The van der Waals surface area contributed by atoms with E-state index in [1.807, 2.05) is 24.3 Å². The maximum Gasteiger partial charge on any atom is 0.229 e. The van der Waals surface area contributed by atoms with Crippen molar-refractivity contribution in [3.05, 3.63) is 71.4 Å². The first-order chi connectivity index (χ1) is 13.6. The SMILES string of the molecule is COc1ccccc1CCC(=O)NCCc1nc(-c2ccccc2F)oc1C. The molecule has 0 saturated carbocycles. The number of amides is 1. The molecule has 3 aromatic rings. The van der Waals surface area contributed by atoms with Crippen LogP contribution in [0.5, 0.6) is 5.75 Å². The van der Waals surface area contributed by atoms with Gasteiger partial charge in [0.1, 0.15) is 17.3 Å². The highest BCUT2D eigenvalue weighted by molar-refractivity contribution is 5.76. The van der Waals surface area contributed by atoms with E-state index in [0.717, 1.165) is 11.3 Å². The molecule has 2 aromatic carbocycles. The summed E-state index contributed by atoms with van der Waals surface area (Å²) < 4.78 is 24.8. The molecule has 0 aliphatic carbocycles. The van der Waals surface area contributed by atoms with Crippen LogP contribution in [0.1, 0.15) is 23.4 Å². The van der Waals surface area contributed by atoms with Gasteiger partial charge in [-0.05, 0) is 37.1 Å². The first kappa shape index (κ1) is 19.6. The Balaban J connectivity index is 1.51. The third kappa shape index (κ3) is 4.76. The average molecular weight is 382 g/mol. The van der Waals surface area contributed by atoms with E-state index in [-0.39, 0.29) is 17.6 Å². The fourth-order valence-corrected chi connectivity index (χ4v) is 2.98. The molecular weight excluding hydrogens is 359 g/mol. The van der Waals surface area contributed by atoms with Crippen LogP contribution >= 0.6 is 0 Å². The highest BCUT2D eigenvalue weighted by Gasteiger charge is 2.14. The zero-order chi connectivity index (χ0) is 19.9. The molecule has 0 atom stereocenters. The number of aromatic nitrogens is 1. The number of carbonyl (C=O) groups excluding carboxylic acids is 1. The molecule has 146 valence electrons. The first-order valence-corrected chi connectivity index (χ1v) is 9.18. The van der Waals surface area contributed by atoms with Gasteiger partial charge >= 0.3 is 0 Å². The molecule has 6 heteroatoms. The molecular formula is C22H23FN2O3. The third-order valence-electron chi connectivity index (χ3n) is 4.49. The standard InChI is InChI=1S/C22H23FN2O3/c1-15-19(25-22(28-15)17-8-4-5-9-18(17)23)13-14-24-21(26)12-11-16-7-3-6-10-20(16)27-2/h3-10H,11-14H2,1-2H3,(H,24,26). The zero-order valence-electron chi connectivity index (χ0n) is 16.0. The molecule has 0 spiro atoms. The smallest absolute Gasteiger partial charge is 0.229 e. The van der Waals surface area contributed by atoms with Crippen molar-refractivity contribution in [2.24, 2.45) is 0 Å². The Hall–Kier alpha value is -3.15. The van der Waals surface area contributed by atoms with Gasteiger partial charge in [-0.25, -0.2) is 9.37 Å². The minimum absolute atomic E-state index is 0.0404. The number of benzene rings is 2. The van der Waals surface area contributed by atoms with Gasteiger partial charge in [0.2, 0.25) is 11.8 Å². The van der Waals surface area contributed by atoms with Gasteiger partial charge in [0.05, 0.1) is 18.4 Å². The van der Waals surface area contributed by atoms with Crippen molar-refractivity contribution in [1.29, 1.82) is 0 Å². The number of hydrogen-bond donors (Lipinski definition) is 1. The van der Waals surface area contributed by atoms with Crippen LogP contribution in [0.2, 0.25) is 0 Å². The number of nitrogens with one attached hydrogen (secondary N) is 1. The fraction of sp³-hybridized carbons (Fsp3) is 0.273. The quantitative estimate of drug-likeness (QED) is 0.637. The van der Waals surface area contributed by atoms with Crippen molar-refractivity contribution in [1.82, 2.24) is 10.3 Å². The number of carbonyl (C=O) groups is 1. The molecule has 1 amide bonds. The predicted octanol–water partition coefficient (Wildman–Crippen LogP) is 4.09. The third-order valence-corrected chi connectivity index (χ3v) is 4.49. The molecule has 1 heterocycles. The van der Waals surface area contributed by atoms with E-state index in [2.05, 4.69) is 10.3 Å². The van der Waals surface area contributed by atoms with Crippen LogP contribution < -0.4 is 10.1 Å². The van der Waals surface area contributed by atoms with Crippen molar-refractivity contribution in [3.63, 3.8) is 0 Å². The van der Waals surface area contributed by atoms with Crippen LogP contribution in [-0.2, 0) is 17.6 Å². The van der Waals surface area contributed by atoms with Crippen LogP contribution in [0.3, 0.4) is 0 Å². The summed E-state index contributed by atoms with van der Waals surface area (Å²) in [7, 11) is 1.62. The van der Waals surface area contributed by atoms with Crippen molar-refractivity contribution in [2.75, 3.05) is 13.7 Å². The van der Waals surface area contributed by atoms with Gasteiger partial charge in [0, 0.05) is 19.4 Å². The van der Waals surface area contributed by atoms with E-state index in [0.29, 0.717) is 42.8 Å². The summed E-state index contributed by atoms with van der Waals surface area (Å²) in [5, 5.41) is 2.89. The minimum Gasteiger partial charge on any atom is -0.496 e. The van der Waals surface area contributed by atoms with E-state index in [9.17, 15) is 9.18 Å². The van der Waals surface area contributed by atoms with Gasteiger partial charge in [-0.2, -0.15) is 0 Å². The number of hydrogen-bond acceptors (Lipinski definition) is 4. The van der Waals surface area contributed by atoms with Gasteiger partial charge in [0.15, 0.2) is 0 Å². The summed E-state index contributed by atoms with van der Waals surface area (Å²) >= 11 is 0. The molecule has 0 saturated heterocycles. The Labute approximate surface area is 163 Å².